The number of alkyl halides is 3. The first-order valence-corrected chi connectivity index (χ1v) is 9.85. The van der Waals surface area contributed by atoms with E-state index in [1.165, 1.54) is 24.5 Å². The average molecular weight is 446 g/mol. The lowest BCUT2D eigenvalue weighted by atomic mass is 10.0. The average Bonchev–Trinajstić information content (AvgIpc) is 3.20. The fourth-order valence-corrected chi connectivity index (χ4v) is 3.63. The van der Waals surface area contributed by atoms with E-state index in [4.69, 9.17) is 0 Å². The Labute approximate surface area is 180 Å². The van der Waals surface area contributed by atoms with Crippen LogP contribution in [0.3, 0.4) is 0 Å². The highest BCUT2D eigenvalue weighted by Gasteiger charge is 2.33. The monoisotopic (exact) mass is 446 g/mol. The molecule has 2 atom stereocenters. The molecule has 2 heterocycles. The van der Waals surface area contributed by atoms with E-state index in [2.05, 4.69) is 30.6 Å². The van der Waals surface area contributed by atoms with Gasteiger partial charge in [0.25, 0.3) is 5.91 Å². The molecule has 0 aliphatic heterocycles. The number of carbonyl (C=O) groups is 1. The number of rotatable bonds is 5. The minimum Gasteiger partial charge on any atom is -0.364 e. The van der Waals surface area contributed by atoms with Crippen molar-refractivity contribution in [3.05, 3.63) is 66.1 Å². The van der Waals surface area contributed by atoms with Gasteiger partial charge < -0.3 is 10.6 Å². The zero-order valence-electron chi connectivity index (χ0n) is 16.6. The van der Waals surface area contributed by atoms with Crippen LogP contribution in [0.1, 0.15) is 35.3 Å². The molecule has 1 saturated carbocycles. The summed E-state index contributed by atoms with van der Waals surface area (Å²) in [5, 5.41) is 5.92. The summed E-state index contributed by atoms with van der Waals surface area (Å²) in [7, 11) is 0. The number of anilines is 1. The standard InChI is InChI=1S/C21H18F4N6O/c22-12-5-6-13(19-26-7-2-8-27-19)14(9-12)20(32)31-16-4-1-3-15(16)30-18-11-28-17(10-29-18)21(23,24)25/h2,5-11,15-16H,1,3-4H2,(H,29,30)(H,31,32)/t15-,16?/m0/s1. The second kappa shape index (κ2) is 8.85. The van der Waals surface area contributed by atoms with Crippen LogP contribution in [-0.2, 0) is 6.18 Å². The number of carbonyl (C=O) groups excluding carboxylic acids is 1. The van der Waals surface area contributed by atoms with Crippen molar-refractivity contribution in [2.45, 2.75) is 37.5 Å². The van der Waals surface area contributed by atoms with Crippen molar-refractivity contribution in [1.29, 1.82) is 0 Å². The molecule has 1 aliphatic carbocycles. The third-order valence-electron chi connectivity index (χ3n) is 5.14. The van der Waals surface area contributed by atoms with Crippen LogP contribution in [0.25, 0.3) is 11.4 Å². The number of benzene rings is 1. The van der Waals surface area contributed by atoms with Gasteiger partial charge in [-0.05, 0) is 43.5 Å². The first-order chi connectivity index (χ1) is 15.3. The maximum Gasteiger partial charge on any atom is 0.434 e. The molecule has 1 aromatic carbocycles. The summed E-state index contributed by atoms with van der Waals surface area (Å²) in [4.78, 5) is 28.4. The molecule has 2 aromatic heterocycles. The molecule has 1 amide bonds. The summed E-state index contributed by atoms with van der Waals surface area (Å²) in [5.41, 5.74) is -0.599. The van der Waals surface area contributed by atoms with Gasteiger partial charge in [-0.1, -0.05) is 0 Å². The highest BCUT2D eigenvalue weighted by atomic mass is 19.4. The Hall–Kier alpha value is -3.63. The lowest BCUT2D eigenvalue weighted by molar-refractivity contribution is -0.141. The van der Waals surface area contributed by atoms with Crippen LogP contribution in [0.4, 0.5) is 23.4 Å². The van der Waals surface area contributed by atoms with Crippen molar-refractivity contribution in [3.63, 3.8) is 0 Å². The lowest BCUT2D eigenvalue weighted by Gasteiger charge is -2.23. The molecule has 166 valence electrons. The molecule has 0 spiro atoms. The summed E-state index contributed by atoms with van der Waals surface area (Å²) < 4.78 is 51.9. The van der Waals surface area contributed by atoms with Crippen LogP contribution in [0.15, 0.2) is 49.1 Å². The summed E-state index contributed by atoms with van der Waals surface area (Å²) in [5.74, 6) is -0.604. The highest BCUT2D eigenvalue weighted by molar-refractivity contribution is 6.00. The molecule has 0 radical (unpaired) electrons. The Morgan fingerprint density at radius 1 is 1.00 bits per heavy atom. The van der Waals surface area contributed by atoms with Gasteiger partial charge in [-0.3, -0.25) is 4.79 Å². The molecule has 1 unspecified atom stereocenters. The van der Waals surface area contributed by atoms with Gasteiger partial charge in [0.1, 0.15) is 11.6 Å². The SMILES string of the molecule is O=C(NC1CCC[C@@H]1Nc1cnc(C(F)(F)F)cn1)c1cc(F)ccc1-c1ncccn1. The quantitative estimate of drug-likeness (QED) is 0.579. The Kier molecular flexibility index (Phi) is 5.97. The third kappa shape index (κ3) is 4.82. The molecule has 3 aromatic rings. The molecule has 7 nitrogen and oxygen atoms in total. The smallest absolute Gasteiger partial charge is 0.364 e. The van der Waals surface area contributed by atoms with Gasteiger partial charge in [0.2, 0.25) is 0 Å². The molecule has 0 saturated heterocycles. The number of nitrogens with zero attached hydrogens (tertiary/aromatic N) is 4. The summed E-state index contributed by atoms with van der Waals surface area (Å²) in [6.45, 7) is 0. The maximum atomic E-state index is 13.9. The topological polar surface area (TPSA) is 92.7 Å². The summed E-state index contributed by atoms with van der Waals surface area (Å²) in [6, 6.07) is 4.83. The summed E-state index contributed by atoms with van der Waals surface area (Å²) in [6.07, 6.45) is 2.25. The second-order valence-electron chi connectivity index (χ2n) is 7.31. The lowest BCUT2D eigenvalue weighted by Crippen LogP contribution is -2.43. The zero-order chi connectivity index (χ0) is 22.7. The van der Waals surface area contributed by atoms with Crippen LogP contribution < -0.4 is 10.6 Å². The van der Waals surface area contributed by atoms with E-state index >= 15 is 0 Å². The van der Waals surface area contributed by atoms with E-state index in [1.807, 2.05) is 0 Å². The van der Waals surface area contributed by atoms with E-state index in [-0.39, 0.29) is 23.5 Å². The van der Waals surface area contributed by atoms with Gasteiger partial charge in [-0.15, -0.1) is 0 Å². The first kappa shape index (κ1) is 21.6. The minimum absolute atomic E-state index is 0.0937. The second-order valence-corrected chi connectivity index (χ2v) is 7.31. The molecule has 0 bridgehead atoms. The van der Waals surface area contributed by atoms with Crippen molar-refractivity contribution in [1.82, 2.24) is 25.3 Å². The molecular formula is C21H18F4N6O. The van der Waals surface area contributed by atoms with Crippen LogP contribution in [0.2, 0.25) is 0 Å². The molecule has 1 fully saturated rings. The highest BCUT2D eigenvalue weighted by Crippen LogP contribution is 2.28. The first-order valence-electron chi connectivity index (χ1n) is 9.85. The Bertz CT molecular complexity index is 1090. The predicted molar refractivity (Wildman–Crippen MR) is 107 cm³/mol. The molecule has 4 rings (SSSR count). The van der Waals surface area contributed by atoms with Crippen molar-refractivity contribution in [3.8, 4) is 11.4 Å². The molecule has 11 heteroatoms. The Morgan fingerprint density at radius 3 is 2.44 bits per heavy atom. The van der Waals surface area contributed by atoms with Crippen molar-refractivity contribution in [2.24, 2.45) is 0 Å². The fraction of sp³-hybridized carbons (Fsp3) is 0.286. The molecule has 32 heavy (non-hydrogen) atoms. The van der Waals surface area contributed by atoms with Crippen LogP contribution >= 0.6 is 0 Å². The van der Waals surface area contributed by atoms with Gasteiger partial charge in [0.05, 0.1) is 18.0 Å². The van der Waals surface area contributed by atoms with Crippen LogP contribution in [-0.4, -0.2) is 37.9 Å². The van der Waals surface area contributed by atoms with Gasteiger partial charge in [-0.25, -0.2) is 24.3 Å². The van der Waals surface area contributed by atoms with E-state index < -0.39 is 23.6 Å². The van der Waals surface area contributed by atoms with Crippen molar-refractivity contribution >= 4 is 11.7 Å². The van der Waals surface area contributed by atoms with E-state index in [0.717, 1.165) is 18.7 Å². The number of hydrogen-bond acceptors (Lipinski definition) is 6. The van der Waals surface area contributed by atoms with Crippen molar-refractivity contribution in [2.75, 3.05) is 5.32 Å². The third-order valence-corrected chi connectivity index (χ3v) is 5.14. The summed E-state index contributed by atoms with van der Waals surface area (Å²) >= 11 is 0. The number of nitrogens with one attached hydrogen (secondary N) is 2. The normalized spacial score (nSPS) is 18.4. The Balaban J connectivity index is 1.49. The molecule has 2 N–H and O–H groups in total. The van der Waals surface area contributed by atoms with E-state index in [1.54, 1.807) is 6.07 Å². The predicted octanol–water partition coefficient (Wildman–Crippen LogP) is 3.85. The number of aromatic nitrogens is 4. The van der Waals surface area contributed by atoms with Gasteiger partial charge in [-0.2, -0.15) is 13.2 Å². The number of hydrogen-bond donors (Lipinski definition) is 2. The number of amides is 1. The fourth-order valence-electron chi connectivity index (χ4n) is 3.63. The van der Waals surface area contributed by atoms with Gasteiger partial charge in [0, 0.05) is 30.0 Å². The minimum atomic E-state index is -4.57. The maximum absolute atomic E-state index is 13.9. The van der Waals surface area contributed by atoms with Crippen LogP contribution in [0.5, 0.6) is 0 Å². The largest absolute Gasteiger partial charge is 0.434 e. The Morgan fingerprint density at radius 2 is 1.75 bits per heavy atom. The van der Waals surface area contributed by atoms with Gasteiger partial charge >= 0.3 is 6.18 Å². The number of halogens is 4. The van der Waals surface area contributed by atoms with E-state index in [9.17, 15) is 22.4 Å². The van der Waals surface area contributed by atoms with Gasteiger partial charge in [0.15, 0.2) is 11.5 Å². The molecule has 1 aliphatic rings. The zero-order valence-corrected chi connectivity index (χ0v) is 16.6. The van der Waals surface area contributed by atoms with Crippen LogP contribution in [0, 0.1) is 5.82 Å². The van der Waals surface area contributed by atoms with Crippen molar-refractivity contribution < 1.29 is 22.4 Å². The molecular weight excluding hydrogens is 428 g/mol. The van der Waals surface area contributed by atoms with E-state index in [0.29, 0.717) is 30.4 Å².